The lowest BCUT2D eigenvalue weighted by Gasteiger charge is -2.14. The van der Waals surface area contributed by atoms with Crippen LogP contribution in [0.2, 0.25) is 0 Å². The predicted octanol–water partition coefficient (Wildman–Crippen LogP) is 3.37. The molecule has 0 spiro atoms. The van der Waals surface area contributed by atoms with Gasteiger partial charge in [-0.1, -0.05) is 20.8 Å². The lowest BCUT2D eigenvalue weighted by atomic mass is 9.93. The maximum atomic E-state index is 5.26. The second kappa shape index (κ2) is 5.67. The van der Waals surface area contributed by atoms with Crippen LogP contribution in [0, 0.1) is 0 Å². The van der Waals surface area contributed by atoms with Crippen LogP contribution in [0.15, 0.2) is 28.2 Å². The summed E-state index contributed by atoms with van der Waals surface area (Å²) in [7, 11) is 0. The summed E-state index contributed by atoms with van der Waals surface area (Å²) < 4.78 is 5.26. The van der Waals surface area contributed by atoms with Crippen molar-refractivity contribution in [2.24, 2.45) is 0 Å². The normalized spacial score (nSPS) is 11.9. The fourth-order valence-electron chi connectivity index (χ4n) is 1.59. The molecule has 0 aliphatic carbocycles. The number of hydrogen-bond acceptors (Lipinski definition) is 4. The SMILES string of the molecule is CC(C)(C)c1csc(CCNCc2ccco2)n1. The Morgan fingerprint density at radius 1 is 1.39 bits per heavy atom. The van der Waals surface area contributed by atoms with E-state index in [-0.39, 0.29) is 5.41 Å². The molecule has 0 aliphatic heterocycles. The van der Waals surface area contributed by atoms with Crippen LogP contribution in [0.25, 0.3) is 0 Å². The van der Waals surface area contributed by atoms with Gasteiger partial charge in [0.25, 0.3) is 0 Å². The zero-order chi connectivity index (χ0) is 13.0. The Hall–Kier alpha value is -1.13. The van der Waals surface area contributed by atoms with Crippen molar-refractivity contribution in [2.75, 3.05) is 6.54 Å². The van der Waals surface area contributed by atoms with E-state index in [1.165, 1.54) is 10.7 Å². The van der Waals surface area contributed by atoms with Gasteiger partial charge in [0.15, 0.2) is 0 Å². The fraction of sp³-hybridized carbons (Fsp3) is 0.500. The summed E-state index contributed by atoms with van der Waals surface area (Å²) >= 11 is 1.75. The van der Waals surface area contributed by atoms with Crippen molar-refractivity contribution in [2.45, 2.75) is 39.2 Å². The molecule has 18 heavy (non-hydrogen) atoms. The lowest BCUT2D eigenvalue weighted by molar-refractivity contribution is 0.484. The summed E-state index contributed by atoms with van der Waals surface area (Å²) in [5.74, 6) is 0.976. The molecule has 0 amide bonds. The van der Waals surface area contributed by atoms with Gasteiger partial charge in [-0.2, -0.15) is 0 Å². The van der Waals surface area contributed by atoms with Gasteiger partial charge in [0.05, 0.1) is 23.5 Å². The topological polar surface area (TPSA) is 38.1 Å². The van der Waals surface area contributed by atoms with Crippen LogP contribution in [0.3, 0.4) is 0 Å². The van der Waals surface area contributed by atoms with Crippen molar-refractivity contribution in [1.82, 2.24) is 10.3 Å². The molecule has 98 valence electrons. The van der Waals surface area contributed by atoms with Gasteiger partial charge in [-0.25, -0.2) is 4.98 Å². The molecule has 2 aromatic rings. The van der Waals surface area contributed by atoms with E-state index in [9.17, 15) is 0 Å². The molecule has 2 heterocycles. The average molecular weight is 264 g/mol. The Morgan fingerprint density at radius 2 is 2.22 bits per heavy atom. The number of furan rings is 1. The first-order chi connectivity index (χ1) is 8.55. The minimum absolute atomic E-state index is 0.149. The van der Waals surface area contributed by atoms with Crippen LogP contribution in [0.5, 0.6) is 0 Å². The van der Waals surface area contributed by atoms with Crippen LogP contribution < -0.4 is 5.32 Å². The monoisotopic (exact) mass is 264 g/mol. The summed E-state index contributed by atoms with van der Waals surface area (Å²) in [5.41, 5.74) is 1.34. The van der Waals surface area contributed by atoms with Crippen molar-refractivity contribution >= 4 is 11.3 Å². The molecule has 4 heteroatoms. The predicted molar refractivity (Wildman–Crippen MR) is 74.9 cm³/mol. The summed E-state index contributed by atoms with van der Waals surface area (Å²) in [5, 5.41) is 6.73. The Morgan fingerprint density at radius 3 is 2.83 bits per heavy atom. The third-order valence-corrected chi connectivity index (χ3v) is 3.62. The van der Waals surface area contributed by atoms with Crippen molar-refractivity contribution < 1.29 is 4.42 Å². The van der Waals surface area contributed by atoms with E-state index in [0.717, 1.165) is 25.3 Å². The molecule has 0 fully saturated rings. The molecule has 0 atom stereocenters. The van der Waals surface area contributed by atoms with Crippen molar-refractivity contribution in [3.63, 3.8) is 0 Å². The van der Waals surface area contributed by atoms with Gasteiger partial charge in [-0.05, 0) is 12.1 Å². The van der Waals surface area contributed by atoms with E-state index >= 15 is 0 Å². The van der Waals surface area contributed by atoms with Gasteiger partial charge >= 0.3 is 0 Å². The Labute approximate surface area is 112 Å². The zero-order valence-electron chi connectivity index (χ0n) is 11.2. The molecule has 3 nitrogen and oxygen atoms in total. The lowest BCUT2D eigenvalue weighted by Crippen LogP contribution is -2.16. The Bertz CT molecular complexity index is 468. The first kappa shape index (κ1) is 13.3. The van der Waals surface area contributed by atoms with Crippen LogP contribution in [-0.4, -0.2) is 11.5 Å². The number of hydrogen-bond donors (Lipinski definition) is 1. The molecule has 2 rings (SSSR count). The Balaban J connectivity index is 1.75. The maximum absolute atomic E-state index is 5.26. The van der Waals surface area contributed by atoms with Gasteiger partial charge in [0.1, 0.15) is 5.76 Å². The van der Waals surface area contributed by atoms with Gasteiger partial charge in [-0.15, -0.1) is 11.3 Å². The van der Waals surface area contributed by atoms with Crippen molar-refractivity contribution in [3.05, 3.63) is 40.2 Å². The van der Waals surface area contributed by atoms with Gasteiger partial charge < -0.3 is 9.73 Å². The third-order valence-electron chi connectivity index (χ3n) is 2.72. The molecule has 1 N–H and O–H groups in total. The molecule has 2 aromatic heterocycles. The van der Waals surface area contributed by atoms with E-state index in [1.807, 2.05) is 12.1 Å². The smallest absolute Gasteiger partial charge is 0.117 e. The molecule has 0 saturated heterocycles. The number of rotatable bonds is 5. The zero-order valence-corrected chi connectivity index (χ0v) is 12.0. The van der Waals surface area contributed by atoms with E-state index in [0.29, 0.717) is 0 Å². The quantitative estimate of drug-likeness (QED) is 0.841. The van der Waals surface area contributed by atoms with Crippen LogP contribution in [-0.2, 0) is 18.4 Å². The maximum Gasteiger partial charge on any atom is 0.117 e. The second-order valence-electron chi connectivity index (χ2n) is 5.38. The minimum atomic E-state index is 0.149. The molecule has 0 saturated carbocycles. The van der Waals surface area contributed by atoms with E-state index < -0.39 is 0 Å². The fourth-order valence-corrected chi connectivity index (χ4v) is 2.62. The summed E-state index contributed by atoms with van der Waals surface area (Å²) in [6.45, 7) is 8.30. The highest BCUT2D eigenvalue weighted by Crippen LogP contribution is 2.23. The van der Waals surface area contributed by atoms with Gasteiger partial charge in [-0.3, -0.25) is 0 Å². The highest BCUT2D eigenvalue weighted by molar-refractivity contribution is 7.09. The highest BCUT2D eigenvalue weighted by atomic mass is 32.1. The standard InChI is InChI=1S/C14H20N2OS/c1-14(2,3)12-10-18-13(16-12)6-7-15-9-11-5-4-8-17-11/h4-5,8,10,15H,6-7,9H2,1-3H3. The summed E-state index contributed by atoms with van der Waals surface area (Å²) in [4.78, 5) is 4.67. The van der Waals surface area contributed by atoms with Gasteiger partial charge in [0.2, 0.25) is 0 Å². The number of nitrogens with zero attached hydrogens (tertiary/aromatic N) is 1. The molecule has 0 aliphatic rings. The van der Waals surface area contributed by atoms with E-state index in [4.69, 9.17) is 4.42 Å². The first-order valence-corrected chi connectivity index (χ1v) is 7.11. The average Bonchev–Trinajstić information content (AvgIpc) is 2.95. The van der Waals surface area contributed by atoms with Crippen molar-refractivity contribution in [1.29, 1.82) is 0 Å². The molecular weight excluding hydrogens is 244 g/mol. The number of aromatic nitrogens is 1. The summed E-state index contributed by atoms with van der Waals surface area (Å²) in [6.07, 6.45) is 2.68. The number of thiazole rings is 1. The van der Waals surface area contributed by atoms with Crippen LogP contribution in [0.4, 0.5) is 0 Å². The molecule has 0 radical (unpaired) electrons. The minimum Gasteiger partial charge on any atom is -0.468 e. The summed E-state index contributed by atoms with van der Waals surface area (Å²) in [6, 6.07) is 3.89. The number of nitrogens with one attached hydrogen (secondary N) is 1. The molecule has 0 unspecified atom stereocenters. The van der Waals surface area contributed by atoms with Crippen LogP contribution >= 0.6 is 11.3 Å². The highest BCUT2D eigenvalue weighted by Gasteiger charge is 2.16. The Kier molecular flexibility index (Phi) is 4.19. The first-order valence-electron chi connectivity index (χ1n) is 6.24. The van der Waals surface area contributed by atoms with Gasteiger partial charge in [0, 0.05) is 23.8 Å². The van der Waals surface area contributed by atoms with Crippen molar-refractivity contribution in [3.8, 4) is 0 Å². The molecular formula is C14H20N2OS. The largest absolute Gasteiger partial charge is 0.468 e. The molecule has 0 aromatic carbocycles. The third kappa shape index (κ3) is 3.68. The van der Waals surface area contributed by atoms with E-state index in [2.05, 4.69) is 36.5 Å². The van der Waals surface area contributed by atoms with E-state index in [1.54, 1.807) is 17.6 Å². The molecule has 0 bridgehead atoms. The van der Waals surface area contributed by atoms with Crippen LogP contribution in [0.1, 0.15) is 37.2 Å². The second-order valence-corrected chi connectivity index (χ2v) is 6.33.